The summed E-state index contributed by atoms with van der Waals surface area (Å²) in [5, 5.41) is 13.7. The molecule has 2 aliphatic rings. The van der Waals surface area contributed by atoms with Gasteiger partial charge in [0.15, 0.2) is 0 Å². The lowest BCUT2D eigenvalue weighted by molar-refractivity contribution is -0.112. The van der Waals surface area contributed by atoms with E-state index in [1.54, 1.807) is 0 Å². The van der Waals surface area contributed by atoms with E-state index < -0.39 is 5.60 Å². The molecule has 86 valence electrons. The van der Waals surface area contributed by atoms with Crippen molar-refractivity contribution in [3.8, 4) is 0 Å². The minimum atomic E-state index is -0.610. The van der Waals surface area contributed by atoms with Crippen LogP contribution in [-0.4, -0.2) is 30.3 Å². The molecule has 1 heterocycles. The monoisotopic (exact) mass is 218 g/mol. The van der Waals surface area contributed by atoms with E-state index in [-0.39, 0.29) is 5.41 Å². The summed E-state index contributed by atoms with van der Waals surface area (Å²) in [6.07, 6.45) is 1.83. The van der Waals surface area contributed by atoms with Gasteiger partial charge in [0.05, 0.1) is 5.60 Å². The lowest BCUT2D eigenvalue weighted by Crippen LogP contribution is -2.70. The molecule has 0 spiro atoms. The third-order valence-electron chi connectivity index (χ3n) is 4.39. The van der Waals surface area contributed by atoms with Gasteiger partial charge in [0.25, 0.3) is 0 Å². The average molecular weight is 218 g/mol. The quantitative estimate of drug-likeness (QED) is 0.658. The molecule has 0 atom stereocenters. The summed E-state index contributed by atoms with van der Waals surface area (Å²) < 4.78 is 0. The lowest BCUT2D eigenvalue weighted by atomic mass is 9.66. The molecule has 1 aliphatic carbocycles. The molecule has 1 aromatic rings. The Morgan fingerprint density at radius 1 is 1.19 bits per heavy atom. The number of hydrogen-bond acceptors (Lipinski definition) is 3. The molecular formula is C13H18N2O. The van der Waals surface area contributed by atoms with Gasteiger partial charge in [-0.25, -0.2) is 0 Å². The molecule has 0 aromatic heterocycles. The largest absolute Gasteiger partial charge is 0.387 e. The van der Waals surface area contributed by atoms with Crippen LogP contribution in [0.2, 0.25) is 0 Å². The van der Waals surface area contributed by atoms with E-state index in [4.69, 9.17) is 5.73 Å². The van der Waals surface area contributed by atoms with Gasteiger partial charge in [-0.1, -0.05) is 24.3 Å². The highest BCUT2D eigenvalue weighted by Crippen LogP contribution is 2.45. The van der Waals surface area contributed by atoms with E-state index in [9.17, 15) is 5.11 Å². The molecule has 4 N–H and O–H groups in total. The van der Waals surface area contributed by atoms with Gasteiger partial charge in [0, 0.05) is 25.0 Å². The summed E-state index contributed by atoms with van der Waals surface area (Å²) in [4.78, 5) is 0. The van der Waals surface area contributed by atoms with E-state index in [1.807, 2.05) is 0 Å². The molecule has 3 rings (SSSR count). The maximum atomic E-state index is 10.6. The number of fused-ring (bicyclic) bond motifs is 1. The van der Waals surface area contributed by atoms with Crippen molar-refractivity contribution in [2.24, 2.45) is 11.1 Å². The summed E-state index contributed by atoms with van der Waals surface area (Å²) in [6.45, 7) is 1.91. The van der Waals surface area contributed by atoms with Crippen LogP contribution < -0.4 is 11.1 Å². The molecule has 16 heavy (non-hydrogen) atoms. The molecule has 0 unspecified atom stereocenters. The maximum absolute atomic E-state index is 10.6. The molecule has 1 saturated heterocycles. The van der Waals surface area contributed by atoms with E-state index in [2.05, 4.69) is 29.6 Å². The third-order valence-corrected chi connectivity index (χ3v) is 4.39. The predicted molar refractivity (Wildman–Crippen MR) is 63.2 cm³/mol. The summed E-state index contributed by atoms with van der Waals surface area (Å²) in [6, 6.07) is 8.44. The highest BCUT2D eigenvalue weighted by atomic mass is 16.3. The first-order valence-electron chi connectivity index (χ1n) is 5.89. The Kier molecular flexibility index (Phi) is 2.11. The predicted octanol–water partition coefficient (Wildman–Crippen LogP) is 0.0646. The fourth-order valence-electron chi connectivity index (χ4n) is 3.09. The van der Waals surface area contributed by atoms with Gasteiger partial charge in [-0.3, -0.25) is 0 Å². The molecule has 1 aromatic carbocycles. The number of hydrogen-bond donors (Lipinski definition) is 3. The Morgan fingerprint density at radius 3 is 2.12 bits per heavy atom. The summed E-state index contributed by atoms with van der Waals surface area (Å²) in [5.41, 5.74) is 7.90. The standard InChI is InChI=1S/C13H18N2O/c14-7-12(13(16)8-15-9-13)5-10-3-1-2-4-11(10)6-12/h1-4,15-16H,5-9,14H2. The molecule has 3 heteroatoms. The van der Waals surface area contributed by atoms with Crippen LogP contribution in [0.25, 0.3) is 0 Å². The van der Waals surface area contributed by atoms with Crippen molar-refractivity contribution in [1.82, 2.24) is 5.32 Å². The molecular weight excluding hydrogens is 200 g/mol. The second kappa shape index (κ2) is 3.29. The molecule has 1 aliphatic heterocycles. The normalized spacial score (nSPS) is 24.9. The topological polar surface area (TPSA) is 58.3 Å². The number of nitrogens with two attached hydrogens (primary N) is 1. The van der Waals surface area contributed by atoms with Crippen LogP contribution >= 0.6 is 0 Å². The van der Waals surface area contributed by atoms with Crippen LogP contribution in [0.4, 0.5) is 0 Å². The first-order valence-corrected chi connectivity index (χ1v) is 5.89. The molecule has 3 nitrogen and oxygen atoms in total. The smallest absolute Gasteiger partial charge is 0.0969 e. The van der Waals surface area contributed by atoms with Crippen LogP contribution in [0, 0.1) is 5.41 Å². The van der Waals surface area contributed by atoms with E-state index in [0.717, 1.165) is 12.8 Å². The Bertz CT molecular complexity index is 387. The van der Waals surface area contributed by atoms with Gasteiger partial charge in [-0.05, 0) is 24.0 Å². The SMILES string of the molecule is NCC1(C2(O)CNC2)Cc2ccccc2C1. The Labute approximate surface area is 95.7 Å². The number of aliphatic hydroxyl groups is 1. The second-order valence-corrected chi connectivity index (χ2v) is 5.24. The van der Waals surface area contributed by atoms with Crippen LogP contribution in [0.3, 0.4) is 0 Å². The summed E-state index contributed by atoms with van der Waals surface area (Å²) in [5.74, 6) is 0. The number of nitrogens with one attached hydrogen (secondary N) is 1. The molecule has 0 bridgehead atoms. The summed E-state index contributed by atoms with van der Waals surface area (Å²) >= 11 is 0. The highest BCUT2D eigenvalue weighted by Gasteiger charge is 2.55. The van der Waals surface area contributed by atoms with Gasteiger partial charge in [0.1, 0.15) is 0 Å². The van der Waals surface area contributed by atoms with Crippen molar-refractivity contribution in [3.05, 3.63) is 35.4 Å². The lowest BCUT2D eigenvalue weighted by Gasteiger charge is -2.51. The number of β-amino-alcohol motifs (C(OH)–C–C–N with tert-alkyl or cyclic N) is 1. The summed E-state index contributed by atoms with van der Waals surface area (Å²) in [7, 11) is 0. The highest BCUT2D eigenvalue weighted by molar-refractivity contribution is 5.37. The first kappa shape index (κ1) is 10.3. The first-order chi connectivity index (χ1) is 7.69. The Morgan fingerprint density at radius 2 is 1.75 bits per heavy atom. The molecule has 1 fully saturated rings. The third kappa shape index (κ3) is 1.19. The van der Waals surface area contributed by atoms with Crippen molar-refractivity contribution in [2.75, 3.05) is 19.6 Å². The average Bonchev–Trinajstić information content (AvgIpc) is 2.65. The Balaban J connectivity index is 1.96. The van der Waals surface area contributed by atoms with Gasteiger partial charge in [0.2, 0.25) is 0 Å². The minimum absolute atomic E-state index is 0.151. The van der Waals surface area contributed by atoms with Gasteiger partial charge < -0.3 is 16.2 Å². The van der Waals surface area contributed by atoms with Crippen molar-refractivity contribution in [2.45, 2.75) is 18.4 Å². The van der Waals surface area contributed by atoms with Gasteiger partial charge in [-0.2, -0.15) is 0 Å². The minimum Gasteiger partial charge on any atom is -0.387 e. The van der Waals surface area contributed by atoms with Gasteiger partial charge in [-0.15, -0.1) is 0 Å². The maximum Gasteiger partial charge on any atom is 0.0969 e. The fourth-order valence-corrected chi connectivity index (χ4v) is 3.09. The van der Waals surface area contributed by atoms with Gasteiger partial charge >= 0.3 is 0 Å². The van der Waals surface area contributed by atoms with Crippen LogP contribution in [0.1, 0.15) is 11.1 Å². The Hall–Kier alpha value is -0.900. The van der Waals surface area contributed by atoms with Crippen molar-refractivity contribution >= 4 is 0 Å². The molecule has 0 saturated carbocycles. The zero-order chi connectivity index (χ0) is 11.2. The zero-order valence-electron chi connectivity index (χ0n) is 9.37. The van der Waals surface area contributed by atoms with Crippen molar-refractivity contribution in [3.63, 3.8) is 0 Å². The van der Waals surface area contributed by atoms with Crippen molar-refractivity contribution < 1.29 is 5.11 Å². The van der Waals surface area contributed by atoms with Crippen LogP contribution in [0.5, 0.6) is 0 Å². The molecule has 0 radical (unpaired) electrons. The number of rotatable bonds is 2. The number of benzene rings is 1. The van der Waals surface area contributed by atoms with E-state index in [1.165, 1.54) is 11.1 Å². The zero-order valence-corrected chi connectivity index (χ0v) is 9.37. The van der Waals surface area contributed by atoms with Crippen LogP contribution in [0.15, 0.2) is 24.3 Å². The van der Waals surface area contributed by atoms with E-state index >= 15 is 0 Å². The second-order valence-electron chi connectivity index (χ2n) is 5.24. The van der Waals surface area contributed by atoms with Crippen molar-refractivity contribution in [1.29, 1.82) is 0 Å². The van der Waals surface area contributed by atoms with E-state index in [0.29, 0.717) is 19.6 Å². The fraction of sp³-hybridized carbons (Fsp3) is 0.538. The molecule has 0 amide bonds. The van der Waals surface area contributed by atoms with Crippen LogP contribution in [-0.2, 0) is 12.8 Å².